The van der Waals surface area contributed by atoms with Gasteiger partial charge in [0, 0.05) is 44.7 Å². The topological polar surface area (TPSA) is 80.9 Å². The summed E-state index contributed by atoms with van der Waals surface area (Å²) < 4.78 is 0. The molecule has 1 aliphatic rings. The Kier molecular flexibility index (Phi) is 14.1. The Balaban J connectivity index is 2.12. The van der Waals surface area contributed by atoms with Gasteiger partial charge in [-0.25, -0.2) is 0 Å². The van der Waals surface area contributed by atoms with Crippen LogP contribution in [0.3, 0.4) is 0 Å². The van der Waals surface area contributed by atoms with Crippen molar-refractivity contribution in [2.45, 2.75) is 23.9 Å². The summed E-state index contributed by atoms with van der Waals surface area (Å²) in [5.41, 5.74) is 0. The SMILES string of the molecule is OCCSCC(O)CSC1=CCC(SC[C@@H](O)CSCCO)C=C1. The second-order valence-electron chi connectivity index (χ2n) is 5.29. The third-order valence-corrected chi connectivity index (χ3v) is 7.79. The Morgan fingerprint density at radius 3 is 2.12 bits per heavy atom. The quantitative estimate of drug-likeness (QED) is 0.322. The Labute approximate surface area is 161 Å². The van der Waals surface area contributed by atoms with Gasteiger partial charge in [0.2, 0.25) is 0 Å². The van der Waals surface area contributed by atoms with Gasteiger partial charge < -0.3 is 20.4 Å². The summed E-state index contributed by atoms with van der Waals surface area (Å²) in [5, 5.41) is 37.6. The molecule has 140 valence electrons. The van der Waals surface area contributed by atoms with Crippen LogP contribution < -0.4 is 0 Å². The van der Waals surface area contributed by atoms with Crippen LogP contribution in [0.15, 0.2) is 23.1 Å². The van der Waals surface area contributed by atoms with E-state index in [0.29, 0.717) is 39.8 Å². The molecule has 0 amide bonds. The number of hydrogen-bond donors (Lipinski definition) is 4. The highest BCUT2D eigenvalue weighted by molar-refractivity contribution is 8.03. The van der Waals surface area contributed by atoms with Gasteiger partial charge in [0.1, 0.15) is 0 Å². The minimum absolute atomic E-state index is 0.159. The van der Waals surface area contributed by atoms with Crippen molar-refractivity contribution in [3.05, 3.63) is 23.1 Å². The first-order valence-corrected chi connectivity index (χ1v) is 12.4. The molecule has 3 atom stereocenters. The predicted octanol–water partition coefficient (Wildman–Crippen LogP) is 1.84. The average molecular weight is 413 g/mol. The highest BCUT2D eigenvalue weighted by atomic mass is 32.2. The lowest BCUT2D eigenvalue weighted by Gasteiger charge is -2.18. The van der Waals surface area contributed by atoms with Crippen LogP contribution in [0, 0.1) is 0 Å². The predicted molar refractivity (Wildman–Crippen MR) is 111 cm³/mol. The number of aliphatic hydroxyl groups is 4. The van der Waals surface area contributed by atoms with Crippen LogP contribution >= 0.6 is 47.0 Å². The molecule has 0 fully saturated rings. The first-order valence-electron chi connectivity index (χ1n) is 8.01. The molecule has 0 aliphatic heterocycles. The van der Waals surface area contributed by atoms with Gasteiger partial charge in [0.05, 0.1) is 25.4 Å². The Morgan fingerprint density at radius 2 is 1.58 bits per heavy atom. The van der Waals surface area contributed by atoms with Gasteiger partial charge in [0.15, 0.2) is 0 Å². The average Bonchev–Trinajstić information content (AvgIpc) is 2.59. The molecule has 0 aromatic heterocycles. The molecule has 4 nitrogen and oxygen atoms in total. The van der Waals surface area contributed by atoms with Crippen molar-refractivity contribution >= 4 is 47.0 Å². The van der Waals surface area contributed by atoms with Gasteiger partial charge in [0.25, 0.3) is 0 Å². The molecular formula is C16H28O4S4. The van der Waals surface area contributed by atoms with Gasteiger partial charge in [-0.15, -0.1) is 11.8 Å². The number of rotatable bonds is 14. The number of aliphatic hydroxyl groups excluding tert-OH is 4. The molecule has 0 saturated carbocycles. The normalized spacial score (nSPS) is 20.0. The van der Waals surface area contributed by atoms with Crippen molar-refractivity contribution in [3.8, 4) is 0 Å². The third-order valence-electron chi connectivity index (χ3n) is 3.06. The molecule has 4 N–H and O–H groups in total. The van der Waals surface area contributed by atoms with E-state index < -0.39 is 0 Å². The van der Waals surface area contributed by atoms with Gasteiger partial charge in [-0.3, -0.25) is 0 Å². The maximum atomic E-state index is 9.88. The van der Waals surface area contributed by atoms with E-state index in [0.717, 1.165) is 6.42 Å². The first-order chi connectivity index (χ1) is 11.7. The largest absolute Gasteiger partial charge is 0.396 e. The van der Waals surface area contributed by atoms with E-state index in [2.05, 4.69) is 18.2 Å². The number of hydrogen-bond acceptors (Lipinski definition) is 8. The van der Waals surface area contributed by atoms with Crippen LogP contribution in [0.4, 0.5) is 0 Å². The summed E-state index contributed by atoms with van der Waals surface area (Å²) in [7, 11) is 0. The molecule has 0 heterocycles. The van der Waals surface area contributed by atoms with E-state index in [1.165, 1.54) is 4.91 Å². The molecular weight excluding hydrogens is 384 g/mol. The minimum atomic E-state index is -0.348. The second kappa shape index (κ2) is 14.8. The standard InChI is InChI=1S/C16H28O4S4/c17-5-7-21-9-13(19)11-23-15-1-2-16(4-3-15)24-12-14(20)10-22-8-6-18/h1-3,13-14,16-20H,4-12H2/t13?,14-,16?/m0/s1. The van der Waals surface area contributed by atoms with Crippen molar-refractivity contribution < 1.29 is 20.4 Å². The molecule has 8 heteroatoms. The maximum Gasteiger partial charge on any atom is 0.0724 e. The first kappa shape index (κ1) is 22.8. The van der Waals surface area contributed by atoms with Crippen LogP contribution in [0.5, 0.6) is 0 Å². The van der Waals surface area contributed by atoms with Gasteiger partial charge in [-0.1, -0.05) is 18.2 Å². The van der Waals surface area contributed by atoms with E-state index in [1.54, 1.807) is 47.0 Å². The van der Waals surface area contributed by atoms with E-state index in [1.807, 2.05) is 0 Å². The zero-order valence-electron chi connectivity index (χ0n) is 13.7. The summed E-state index contributed by atoms with van der Waals surface area (Å²) in [6.45, 7) is 0.322. The van der Waals surface area contributed by atoms with Crippen LogP contribution in [0.1, 0.15) is 6.42 Å². The molecule has 0 saturated heterocycles. The monoisotopic (exact) mass is 412 g/mol. The molecule has 0 aromatic rings. The molecule has 2 unspecified atom stereocenters. The summed E-state index contributed by atoms with van der Waals surface area (Å²) >= 11 is 6.58. The minimum Gasteiger partial charge on any atom is -0.396 e. The summed E-state index contributed by atoms with van der Waals surface area (Å²) in [4.78, 5) is 1.19. The van der Waals surface area contributed by atoms with Crippen molar-refractivity contribution in [2.75, 3.05) is 47.7 Å². The van der Waals surface area contributed by atoms with Crippen molar-refractivity contribution in [1.29, 1.82) is 0 Å². The Hall–Kier alpha value is 0.720. The molecule has 0 aromatic carbocycles. The van der Waals surface area contributed by atoms with Crippen LogP contribution in [0.25, 0.3) is 0 Å². The molecule has 0 spiro atoms. The van der Waals surface area contributed by atoms with Crippen molar-refractivity contribution in [2.24, 2.45) is 0 Å². The number of allylic oxidation sites excluding steroid dienone is 2. The summed E-state index contributed by atoms with van der Waals surface area (Å²) in [5.74, 6) is 4.08. The molecule has 0 radical (unpaired) electrons. The lowest BCUT2D eigenvalue weighted by molar-refractivity contribution is 0.224. The van der Waals surface area contributed by atoms with Gasteiger partial charge in [-0.05, 0) is 6.42 Å². The fraction of sp³-hybridized carbons (Fsp3) is 0.750. The second-order valence-corrected chi connectivity index (χ2v) is 9.95. The molecule has 24 heavy (non-hydrogen) atoms. The van der Waals surface area contributed by atoms with Crippen molar-refractivity contribution in [3.63, 3.8) is 0 Å². The van der Waals surface area contributed by atoms with E-state index in [-0.39, 0.29) is 25.4 Å². The lowest BCUT2D eigenvalue weighted by Crippen LogP contribution is -2.16. The van der Waals surface area contributed by atoms with E-state index >= 15 is 0 Å². The zero-order valence-corrected chi connectivity index (χ0v) is 17.0. The lowest BCUT2D eigenvalue weighted by atomic mass is 10.2. The van der Waals surface area contributed by atoms with E-state index in [4.69, 9.17) is 10.2 Å². The molecule has 1 rings (SSSR count). The third kappa shape index (κ3) is 11.4. The highest BCUT2D eigenvalue weighted by Crippen LogP contribution is 2.29. The Morgan fingerprint density at radius 1 is 0.958 bits per heavy atom. The van der Waals surface area contributed by atoms with Crippen LogP contribution in [0.2, 0.25) is 0 Å². The summed E-state index contributed by atoms with van der Waals surface area (Å²) in [6.07, 6.45) is 6.75. The van der Waals surface area contributed by atoms with Crippen LogP contribution in [-0.4, -0.2) is 85.6 Å². The summed E-state index contributed by atoms with van der Waals surface area (Å²) in [6, 6.07) is 0. The van der Waals surface area contributed by atoms with E-state index in [9.17, 15) is 10.2 Å². The van der Waals surface area contributed by atoms with Crippen molar-refractivity contribution in [1.82, 2.24) is 0 Å². The fourth-order valence-corrected chi connectivity index (χ4v) is 5.47. The van der Waals surface area contributed by atoms with Gasteiger partial charge in [-0.2, -0.15) is 35.3 Å². The van der Waals surface area contributed by atoms with Crippen LogP contribution in [-0.2, 0) is 0 Å². The molecule has 1 aliphatic carbocycles. The maximum absolute atomic E-state index is 9.88. The molecule has 0 bridgehead atoms. The zero-order chi connectivity index (χ0) is 17.6. The fourth-order valence-electron chi connectivity index (χ4n) is 1.90. The van der Waals surface area contributed by atoms with Gasteiger partial charge >= 0.3 is 0 Å². The smallest absolute Gasteiger partial charge is 0.0724 e. The Bertz CT molecular complexity index is 379. The number of thioether (sulfide) groups is 4. The highest BCUT2D eigenvalue weighted by Gasteiger charge is 2.13.